The minimum atomic E-state index is -0.929. The number of nitrogens with one attached hydrogen (secondary N) is 1. The molecule has 1 rings (SSSR count). The quantitative estimate of drug-likeness (QED) is 0.406. The predicted molar refractivity (Wildman–Crippen MR) is 101 cm³/mol. The molecule has 0 aliphatic carbocycles. The number of carbonyl (C=O) groups excluding carboxylic acids is 2. The molecule has 9 heteroatoms. The number of ether oxygens (including phenoxy) is 3. The second-order valence-electron chi connectivity index (χ2n) is 6.10. The van der Waals surface area contributed by atoms with Crippen LogP contribution in [-0.2, 0) is 20.9 Å². The molecule has 0 unspecified atom stereocenters. The smallest absolute Gasteiger partial charge is 0.303 e. The first kappa shape index (κ1) is 23.1. The van der Waals surface area contributed by atoms with Crippen LogP contribution >= 0.6 is 0 Å². The van der Waals surface area contributed by atoms with Gasteiger partial charge in [0.25, 0.3) is 0 Å². The van der Waals surface area contributed by atoms with Crippen molar-refractivity contribution in [1.82, 2.24) is 5.32 Å². The van der Waals surface area contributed by atoms with E-state index in [0.29, 0.717) is 48.7 Å². The van der Waals surface area contributed by atoms with E-state index in [-0.39, 0.29) is 37.6 Å². The molecule has 28 heavy (non-hydrogen) atoms. The van der Waals surface area contributed by atoms with Gasteiger partial charge < -0.3 is 30.4 Å². The lowest BCUT2D eigenvalue weighted by Crippen LogP contribution is -2.23. The van der Waals surface area contributed by atoms with Crippen molar-refractivity contribution in [3.63, 3.8) is 0 Å². The maximum atomic E-state index is 11.9. The van der Waals surface area contributed by atoms with E-state index in [4.69, 9.17) is 25.1 Å². The third-order valence-electron chi connectivity index (χ3n) is 3.92. The summed E-state index contributed by atoms with van der Waals surface area (Å²) in [4.78, 5) is 33.1. The number of carbonyl (C=O) groups is 3. The molecular weight excluding hydrogens is 368 g/mol. The van der Waals surface area contributed by atoms with Crippen molar-refractivity contribution in [2.24, 2.45) is 5.73 Å². The molecule has 0 aromatic heterocycles. The summed E-state index contributed by atoms with van der Waals surface area (Å²) in [7, 11) is 3.01. The van der Waals surface area contributed by atoms with Crippen molar-refractivity contribution in [3.05, 3.63) is 17.7 Å². The van der Waals surface area contributed by atoms with Crippen molar-refractivity contribution >= 4 is 17.8 Å². The van der Waals surface area contributed by atoms with Crippen LogP contribution in [0, 0.1) is 0 Å². The molecule has 0 spiro atoms. The minimum Gasteiger partial charge on any atom is -0.496 e. The van der Waals surface area contributed by atoms with Crippen LogP contribution in [-0.4, -0.2) is 43.7 Å². The maximum Gasteiger partial charge on any atom is 0.303 e. The Bertz CT molecular complexity index is 651. The SMILES string of the molecule is COc1cc(OCCCCC(N)=O)cc(OC)c1CNC(=O)CCCC(=O)O. The van der Waals surface area contributed by atoms with Gasteiger partial charge in [0.15, 0.2) is 0 Å². The zero-order valence-corrected chi connectivity index (χ0v) is 16.3. The summed E-state index contributed by atoms with van der Waals surface area (Å²) in [6, 6.07) is 3.39. The van der Waals surface area contributed by atoms with E-state index in [1.165, 1.54) is 14.2 Å². The average Bonchev–Trinajstić information content (AvgIpc) is 2.65. The number of primary amides is 1. The Kier molecular flexibility index (Phi) is 10.2. The maximum absolute atomic E-state index is 11.9. The molecule has 0 saturated heterocycles. The fourth-order valence-corrected chi connectivity index (χ4v) is 2.48. The fourth-order valence-electron chi connectivity index (χ4n) is 2.48. The Balaban J connectivity index is 2.66. The van der Waals surface area contributed by atoms with Crippen LogP contribution in [0.15, 0.2) is 12.1 Å². The predicted octanol–water partition coefficient (Wildman–Crippen LogP) is 1.61. The summed E-state index contributed by atoms with van der Waals surface area (Å²) in [6.07, 6.45) is 2.01. The number of hydrogen-bond donors (Lipinski definition) is 3. The van der Waals surface area contributed by atoms with Crippen molar-refractivity contribution in [2.45, 2.75) is 45.1 Å². The zero-order chi connectivity index (χ0) is 20.9. The lowest BCUT2D eigenvalue weighted by Gasteiger charge is -2.16. The van der Waals surface area contributed by atoms with Crippen LogP contribution in [0.3, 0.4) is 0 Å². The van der Waals surface area contributed by atoms with E-state index in [0.717, 1.165) is 0 Å². The van der Waals surface area contributed by atoms with Crippen LogP contribution in [0.25, 0.3) is 0 Å². The van der Waals surface area contributed by atoms with Gasteiger partial charge in [-0.25, -0.2) is 0 Å². The molecule has 0 aliphatic rings. The number of methoxy groups -OCH3 is 2. The molecule has 0 heterocycles. The number of aliphatic carboxylic acids is 1. The van der Waals surface area contributed by atoms with Gasteiger partial charge >= 0.3 is 5.97 Å². The van der Waals surface area contributed by atoms with Gasteiger partial charge in [-0.2, -0.15) is 0 Å². The molecule has 0 fully saturated rings. The standard InChI is InChI=1S/C19H28N2O7/c1-26-15-10-13(28-9-4-3-6-17(20)22)11-16(27-2)14(15)12-21-18(23)7-5-8-19(24)25/h10-11H,3-9,12H2,1-2H3,(H2,20,22)(H,21,23)(H,24,25). The van der Waals surface area contributed by atoms with E-state index < -0.39 is 5.97 Å². The number of rotatable bonds is 14. The Morgan fingerprint density at radius 3 is 2.18 bits per heavy atom. The average molecular weight is 396 g/mol. The van der Waals surface area contributed by atoms with Crippen LogP contribution in [0.5, 0.6) is 17.2 Å². The first-order valence-electron chi connectivity index (χ1n) is 9.01. The minimum absolute atomic E-state index is 0.0501. The number of hydrogen-bond acceptors (Lipinski definition) is 6. The molecule has 156 valence electrons. The zero-order valence-electron chi connectivity index (χ0n) is 16.3. The molecular formula is C19H28N2O7. The molecule has 0 aliphatic heterocycles. The van der Waals surface area contributed by atoms with Gasteiger partial charge in [-0.1, -0.05) is 0 Å². The van der Waals surface area contributed by atoms with Gasteiger partial charge in [0.05, 0.1) is 32.9 Å². The summed E-state index contributed by atoms with van der Waals surface area (Å²) in [5, 5.41) is 11.4. The molecule has 1 aromatic rings. The third kappa shape index (κ3) is 8.61. The Morgan fingerprint density at radius 1 is 1.00 bits per heavy atom. The number of benzene rings is 1. The molecule has 2 amide bonds. The molecule has 0 radical (unpaired) electrons. The van der Waals surface area contributed by atoms with E-state index >= 15 is 0 Å². The number of carboxylic acids is 1. The summed E-state index contributed by atoms with van der Waals surface area (Å²) >= 11 is 0. The summed E-state index contributed by atoms with van der Waals surface area (Å²) < 4.78 is 16.4. The van der Waals surface area contributed by atoms with Crippen LogP contribution in [0.2, 0.25) is 0 Å². The Hall–Kier alpha value is -2.97. The van der Waals surface area contributed by atoms with Gasteiger partial charge in [0.2, 0.25) is 11.8 Å². The molecule has 4 N–H and O–H groups in total. The van der Waals surface area contributed by atoms with Crippen LogP contribution in [0.1, 0.15) is 44.1 Å². The third-order valence-corrected chi connectivity index (χ3v) is 3.92. The number of unbranched alkanes of at least 4 members (excludes halogenated alkanes) is 1. The fraction of sp³-hybridized carbons (Fsp3) is 0.526. The monoisotopic (exact) mass is 396 g/mol. The number of amides is 2. The van der Waals surface area contributed by atoms with Crippen molar-refractivity contribution in [1.29, 1.82) is 0 Å². The highest BCUT2D eigenvalue weighted by Gasteiger charge is 2.15. The van der Waals surface area contributed by atoms with Gasteiger partial charge in [0.1, 0.15) is 17.2 Å². The van der Waals surface area contributed by atoms with E-state index in [1.54, 1.807) is 12.1 Å². The first-order valence-corrected chi connectivity index (χ1v) is 9.01. The van der Waals surface area contributed by atoms with E-state index in [1.807, 2.05) is 0 Å². The highest BCUT2D eigenvalue weighted by atomic mass is 16.5. The first-order chi connectivity index (χ1) is 13.4. The van der Waals surface area contributed by atoms with E-state index in [2.05, 4.69) is 5.32 Å². The summed E-state index contributed by atoms with van der Waals surface area (Å²) in [5.74, 6) is 0.0261. The van der Waals surface area contributed by atoms with Crippen molar-refractivity contribution < 1.29 is 33.7 Å². The molecule has 9 nitrogen and oxygen atoms in total. The van der Waals surface area contributed by atoms with E-state index in [9.17, 15) is 14.4 Å². The lowest BCUT2D eigenvalue weighted by atomic mass is 10.1. The second kappa shape index (κ2) is 12.4. The Labute approximate surface area is 164 Å². The summed E-state index contributed by atoms with van der Waals surface area (Å²) in [5.41, 5.74) is 5.75. The van der Waals surface area contributed by atoms with Gasteiger partial charge in [-0.05, 0) is 19.3 Å². The van der Waals surface area contributed by atoms with Gasteiger partial charge in [-0.15, -0.1) is 0 Å². The second-order valence-corrected chi connectivity index (χ2v) is 6.10. The largest absolute Gasteiger partial charge is 0.496 e. The Morgan fingerprint density at radius 2 is 1.64 bits per heavy atom. The van der Waals surface area contributed by atoms with Crippen molar-refractivity contribution in [2.75, 3.05) is 20.8 Å². The normalized spacial score (nSPS) is 10.2. The molecule has 0 saturated carbocycles. The van der Waals surface area contributed by atoms with Gasteiger partial charge in [-0.3, -0.25) is 14.4 Å². The van der Waals surface area contributed by atoms with Gasteiger partial charge in [0, 0.05) is 31.4 Å². The molecule has 0 atom stereocenters. The van der Waals surface area contributed by atoms with Crippen LogP contribution in [0.4, 0.5) is 0 Å². The highest BCUT2D eigenvalue weighted by molar-refractivity contribution is 5.77. The highest BCUT2D eigenvalue weighted by Crippen LogP contribution is 2.34. The molecule has 1 aromatic carbocycles. The van der Waals surface area contributed by atoms with Crippen molar-refractivity contribution in [3.8, 4) is 17.2 Å². The lowest BCUT2D eigenvalue weighted by molar-refractivity contribution is -0.137. The topological polar surface area (TPSA) is 137 Å². The summed E-state index contributed by atoms with van der Waals surface area (Å²) in [6.45, 7) is 0.594. The van der Waals surface area contributed by atoms with Crippen LogP contribution < -0.4 is 25.3 Å². The number of carboxylic acid groups (broad SMARTS) is 1. The molecule has 0 bridgehead atoms. The number of nitrogens with two attached hydrogens (primary N) is 1.